The van der Waals surface area contributed by atoms with Gasteiger partial charge in [-0.25, -0.2) is 4.39 Å². The van der Waals surface area contributed by atoms with E-state index in [9.17, 15) is 4.39 Å². The zero-order valence-electron chi connectivity index (χ0n) is 9.24. The zero-order chi connectivity index (χ0) is 12.0. The summed E-state index contributed by atoms with van der Waals surface area (Å²) in [7, 11) is 0. The molecule has 1 unspecified atom stereocenters. The Bertz CT molecular complexity index is 485. The minimum absolute atomic E-state index is 0.0319. The van der Waals surface area contributed by atoms with Crippen LogP contribution in [0.4, 0.5) is 4.39 Å². The van der Waals surface area contributed by atoms with Crippen LogP contribution >= 0.6 is 15.9 Å². The van der Waals surface area contributed by atoms with Gasteiger partial charge in [0.2, 0.25) is 0 Å². The molecule has 0 radical (unpaired) electrons. The molecule has 1 aliphatic heterocycles. The molecule has 17 heavy (non-hydrogen) atoms. The monoisotopic (exact) mass is 297 g/mol. The summed E-state index contributed by atoms with van der Waals surface area (Å²) in [6.45, 7) is 0.556. The summed E-state index contributed by atoms with van der Waals surface area (Å²) in [4.78, 5) is 6.30. The highest BCUT2D eigenvalue weighted by Gasteiger charge is 2.39. The fourth-order valence-corrected chi connectivity index (χ4v) is 2.66. The minimum atomic E-state index is -0.195. The van der Waals surface area contributed by atoms with E-state index in [-0.39, 0.29) is 11.9 Å². The van der Waals surface area contributed by atoms with Crippen LogP contribution < -0.4 is 5.73 Å². The van der Waals surface area contributed by atoms with Gasteiger partial charge in [-0.1, -0.05) is 22.0 Å². The van der Waals surface area contributed by atoms with Crippen LogP contribution in [0.2, 0.25) is 0 Å². The Morgan fingerprint density at radius 2 is 2.18 bits per heavy atom. The third-order valence-electron chi connectivity index (χ3n) is 3.29. The molecule has 3 rings (SSSR count). The van der Waals surface area contributed by atoms with Crippen LogP contribution in [0, 0.1) is 5.82 Å². The molecule has 1 saturated carbocycles. The maximum absolute atomic E-state index is 13.9. The van der Waals surface area contributed by atoms with Gasteiger partial charge in [0.1, 0.15) is 5.82 Å². The number of rotatable bonds is 2. The smallest absolute Gasteiger partial charge is 0.192 e. The van der Waals surface area contributed by atoms with Crippen LogP contribution in [0.5, 0.6) is 0 Å². The lowest BCUT2D eigenvalue weighted by Gasteiger charge is -2.26. The Labute approximate surface area is 108 Å². The molecule has 1 aromatic carbocycles. The minimum Gasteiger partial charge on any atom is -0.370 e. The zero-order valence-corrected chi connectivity index (χ0v) is 10.8. The average Bonchev–Trinajstić information content (AvgIpc) is 3.03. The normalized spacial score (nSPS) is 24.0. The Hall–Kier alpha value is -1.10. The van der Waals surface area contributed by atoms with Gasteiger partial charge in [-0.15, -0.1) is 0 Å². The van der Waals surface area contributed by atoms with Crippen LogP contribution in [0.25, 0.3) is 0 Å². The first-order chi connectivity index (χ1) is 8.16. The van der Waals surface area contributed by atoms with Gasteiger partial charge in [-0.2, -0.15) is 0 Å². The fourth-order valence-electron chi connectivity index (χ4n) is 2.32. The second-order valence-electron chi connectivity index (χ2n) is 4.52. The van der Waals surface area contributed by atoms with Crippen molar-refractivity contribution in [3.63, 3.8) is 0 Å². The van der Waals surface area contributed by atoms with Gasteiger partial charge in [0.25, 0.3) is 0 Å². The van der Waals surface area contributed by atoms with Crippen molar-refractivity contribution >= 4 is 21.9 Å². The van der Waals surface area contributed by atoms with Gasteiger partial charge < -0.3 is 10.6 Å². The molecular weight excluding hydrogens is 285 g/mol. The lowest BCUT2D eigenvalue weighted by molar-refractivity contribution is 0.329. The molecule has 0 aromatic heterocycles. The maximum atomic E-state index is 13.9. The van der Waals surface area contributed by atoms with E-state index < -0.39 is 0 Å². The van der Waals surface area contributed by atoms with E-state index in [1.165, 1.54) is 6.07 Å². The van der Waals surface area contributed by atoms with Crippen molar-refractivity contribution in [2.24, 2.45) is 10.7 Å². The molecule has 0 spiro atoms. The molecule has 1 fully saturated rings. The first-order valence-corrected chi connectivity index (χ1v) is 6.49. The summed E-state index contributed by atoms with van der Waals surface area (Å²) >= 11 is 3.27. The molecule has 0 bridgehead atoms. The van der Waals surface area contributed by atoms with Gasteiger partial charge >= 0.3 is 0 Å². The number of halogens is 2. The molecule has 1 aliphatic carbocycles. The lowest BCUT2D eigenvalue weighted by atomic mass is 10.1. The second kappa shape index (κ2) is 3.98. The summed E-state index contributed by atoms with van der Waals surface area (Å²) in [5.74, 6) is 0.361. The standard InChI is InChI=1S/C12H13BrFN3/c13-7-1-4-9(10(14)5-7)11-6-16-12(15)17(11)8-2-3-8/h1,4-5,8,11H,2-3,6H2,(H2,15,16). The number of nitrogens with zero attached hydrogens (tertiary/aromatic N) is 2. The van der Waals surface area contributed by atoms with E-state index in [0.717, 1.165) is 17.3 Å². The number of hydrogen-bond acceptors (Lipinski definition) is 3. The molecular formula is C12H13BrFN3. The molecule has 0 saturated heterocycles. The van der Waals surface area contributed by atoms with Crippen LogP contribution in [-0.4, -0.2) is 23.4 Å². The molecule has 90 valence electrons. The predicted octanol–water partition coefficient (Wildman–Crippen LogP) is 2.42. The summed E-state index contributed by atoms with van der Waals surface area (Å²) in [6.07, 6.45) is 2.26. The molecule has 1 heterocycles. The summed E-state index contributed by atoms with van der Waals surface area (Å²) in [5, 5.41) is 0. The average molecular weight is 298 g/mol. The quantitative estimate of drug-likeness (QED) is 0.911. The highest BCUT2D eigenvalue weighted by Crippen LogP contribution is 2.38. The van der Waals surface area contributed by atoms with Crippen molar-refractivity contribution in [3.8, 4) is 0 Å². The Morgan fingerprint density at radius 1 is 1.41 bits per heavy atom. The molecule has 2 aliphatic rings. The van der Waals surface area contributed by atoms with Gasteiger partial charge in [-0.05, 0) is 25.0 Å². The third kappa shape index (κ3) is 1.92. The SMILES string of the molecule is NC1=NCC(c2ccc(Br)cc2F)N1C1CC1. The van der Waals surface area contributed by atoms with Gasteiger partial charge in [-0.3, -0.25) is 4.99 Å². The van der Waals surface area contributed by atoms with E-state index in [1.54, 1.807) is 0 Å². The summed E-state index contributed by atoms with van der Waals surface area (Å²) in [5.41, 5.74) is 6.56. The predicted molar refractivity (Wildman–Crippen MR) is 68.2 cm³/mol. The van der Waals surface area contributed by atoms with E-state index in [4.69, 9.17) is 5.73 Å². The second-order valence-corrected chi connectivity index (χ2v) is 5.43. The van der Waals surface area contributed by atoms with E-state index in [2.05, 4.69) is 25.8 Å². The number of aliphatic imine (C=N–C) groups is 1. The Kier molecular flexibility index (Phi) is 2.58. The molecule has 1 atom stereocenters. The van der Waals surface area contributed by atoms with E-state index in [0.29, 0.717) is 24.1 Å². The lowest BCUT2D eigenvalue weighted by Crippen LogP contribution is -2.38. The molecule has 3 nitrogen and oxygen atoms in total. The van der Waals surface area contributed by atoms with Crippen LogP contribution in [0.3, 0.4) is 0 Å². The molecule has 5 heteroatoms. The number of guanidine groups is 1. The summed E-state index contributed by atoms with van der Waals surface area (Å²) < 4.78 is 14.7. The van der Waals surface area contributed by atoms with Crippen molar-refractivity contribution in [2.75, 3.05) is 6.54 Å². The van der Waals surface area contributed by atoms with Crippen molar-refractivity contribution in [3.05, 3.63) is 34.1 Å². The third-order valence-corrected chi connectivity index (χ3v) is 3.78. The van der Waals surface area contributed by atoms with Gasteiger partial charge in [0.15, 0.2) is 5.96 Å². The van der Waals surface area contributed by atoms with Crippen molar-refractivity contribution in [2.45, 2.75) is 24.9 Å². The fraction of sp³-hybridized carbons (Fsp3) is 0.417. The number of benzene rings is 1. The Balaban J connectivity index is 1.93. The van der Waals surface area contributed by atoms with E-state index in [1.807, 2.05) is 12.1 Å². The van der Waals surface area contributed by atoms with Crippen molar-refractivity contribution in [1.29, 1.82) is 0 Å². The van der Waals surface area contributed by atoms with Gasteiger partial charge in [0.05, 0.1) is 12.6 Å². The highest BCUT2D eigenvalue weighted by atomic mass is 79.9. The Morgan fingerprint density at radius 3 is 2.82 bits per heavy atom. The maximum Gasteiger partial charge on any atom is 0.192 e. The van der Waals surface area contributed by atoms with Crippen molar-refractivity contribution < 1.29 is 4.39 Å². The van der Waals surface area contributed by atoms with Gasteiger partial charge in [0, 0.05) is 16.1 Å². The van der Waals surface area contributed by atoms with E-state index >= 15 is 0 Å². The van der Waals surface area contributed by atoms with Crippen molar-refractivity contribution in [1.82, 2.24) is 4.90 Å². The van der Waals surface area contributed by atoms with Crippen LogP contribution in [-0.2, 0) is 0 Å². The highest BCUT2D eigenvalue weighted by molar-refractivity contribution is 9.10. The number of hydrogen-bond donors (Lipinski definition) is 1. The largest absolute Gasteiger partial charge is 0.370 e. The summed E-state index contributed by atoms with van der Waals surface area (Å²) in [6, 6.07) is 5.59. The molecule has 2 N–H and O–H groups in total. The first-order valence-electron chi connectivity index (χ1n) is 5.70. The van der Waals surface area contributed by atoms with Crippen LogP contribution in [0.1, 0.15) is 24.4 Å². The topological polar surface area (TPSA) is 41.6 Å². The molecule has 0 amide bonds. The number of nitrogens with two attached hydrogens (primary N) is 1. The van der Waals surface area contributed by atoms with Crippen LogP contribution in [0.15, 0.2) is 27.7 Å². The first kappa shape index (κ1) is 11.0. The molecule has 1 aromatic rings.